The minimum absolute atomic E-state index is 0.0981. The van der Waals surface area contributed by atoms with Crippen LogP contribution in [0.3, 0.4) is 0 Å². The Bertz CT molecular complexity index is 1240. The summed E-state index contributed by atoms with van der Waals surface area (Å²) in [7, 11) is 0. The van der Waals surface area contributed by atoms with Gasteiger partial charge in [0.05, 0.1) is 5.02 Å². The molecule has 0 atom stereocenters. The van der Waals surface area contributed by atoms with Crippen LogP contribution in [-0.4, -0.2) is 32.9 Å². The third kappa shape index (κ3) is 4.31. The molecular weight excluding hydrogens is 440 g/mol. The van der Waals surface area contributed by atoms with Crippen molar-refractivity contribution in [3.8, 4) is 16.9 Å². The summed E-state index contributed by atoms with van der Waals surface area (Å²) in [6, 6.07) is 15.4. The fourth-order valence-corrected chi connectivity index (χ4v) is 4.93. The lowest BCUT2D eigenvalue weighted by Crippen LogP contribution is -2.33. The lowest BCUT2D eigenvalue weighted by atomic mass is 10.0. The summed E-state index contributed by atoms with van der Waals surface area (Å²) in [4.78, 5) is 29.9. The molecule has 1 amide bonds. The van der Waals surface area contributed by atoms with Crippen molar-refractivity contribution in [3.63, 3.8) is 0 Å². The molecule has 1 aliphatic carbocycles. The van der Waals surface area contributed by atoms with Gasteiger partial charge in [-0.15, -0.1) is 0 Å². The normalized spacial score (nSPS) is 15.7. The van der Waals surface area contributed by atoms with Crippen LogP contribution in [0.4, 0.5) is 0 Å². The Morgan fingerprint density at radius 1 is 1.12 bits per heavy atom. The second-order valence-corrected chi connectivity index (χ2v) is 8.95. The summed E-state index contributed by atoms with van der Waals surface area (Å²) in [6.07, 6.45) is 6.09. The molecule has 2 aromatic carbocycles. The minimum Gasteiger partial charge on any atom is -0.489 e. The number of hydrogen-bond acceptors (Lipinski definition) is 4. The van der Waals surface area contributed by atoms with Crippen LogP contribution in [0.25, 0.3) is 11.1 Å². The molecule has 0 radical (unpaired) electrons. The Morgan fingerprint density at radius 3 is 2.70 bits per heavy atom. The second-order valence-electron chi connectivity index (χ2n) is 8.54. The predicted octanol–water partition coefficient (Wildman–Crippen LogP) is 5.58. The van der Waals surface area contributed by atoms with Crippen molar-refractivity contribution in [1.82, 2.24) is 9.88 Å². The molecule has 0 saturated heterocycles. The molecule has 1 aromatic heterocycles. The third-order valence-electron chi connectivity index (χ3n) is 6.38. The van der Waals surface area contributed by atoms with Crippen molar-refractivity contribution in [1.29, 1.82) is 0 Å². The van der Waals surface area contributed by atoms with Crippen molar-refractivity contribution in [2.45, 2.75) is 44.9 Å². The molecule has 5 rings (SSSR count). The van der Waals surface area contributed by atoms with Gasteiger partial charge in [0.2, 0.25) is 0 Å². The summed E-state index contributed by atoms with van der Waals surface area (Å²) in [5.74, 6) is -0.288. The molecule has 0 spiro atoms. The van der Waals surface area contributed by atoms with Gasteiger partial charge in [0.1, 0.15) is 12.4 Å². The van der Waals surface area contributed by atoms with E-state index in [9.17, 15) is 9.59 Å². The number of halogens is 1. The monoisotopic (exact) mass is 462 g/mol. The minimum atomic E-state index is -1.16. The van der Waals surface area contributed by atoms with E-state index in [1.807, 2.05) is 47.4 Å². The van der Waals surface area contributed by atoms with Crippen LogP contribution in [0.5, 0.6) is 5.75 Å². The van der Waals surface area contributed by atoms with Crippen molar-refractivity contribution in [2.75, 3.05) is 0 Å². The fourth-order valence-electron chi connectivity index (χ4n) is 4.68. The number of rotatable bonds is 6. The molecule has 0 bridgehead atoms. The van der Waals surface area contributed by atoms with Gasteiger partial charge in [0.15, 0.2) is 5.69 Å². The van der Waals surface area contributed by atoms with Crippen LogP contribution in [0.1, 0.15) is 57.7 Å². The topological polar surface area (TPSA) is 79.7 Å². The van der Waals surface area contributed by atoms with Gasteiger partial charge in [-0.3, -0.25) is 4.79 Å². The zero-order valence-electron chi connectivity index (χ0n) is 18.0. The molecule has 0 unspecified atom stereocenters. The summed E-state index contributed by atoms with van der Waals surface area (Å²) in [5, 5.41) is 9.21. The van der Waals surface area contributed by atoms with E-state index >= 15 is 0 Å². The lowest BCUT2D eigenvalue weighted by Gasteiger charge is -2.23. The highest BCUT2D eigenvalue weighted by Gasteiger charge is 2.34. The van der Waals surface area contributed by atoms with Crippen molar-refractivity contribution in [2.24, 2.45) is 0 Å². The van der Waals surface area contributed by atoms with Crippen molar-refractivity contribution < 1.29 is 19.4 Å². The number of nitrogens with zero attached hydrogens (tertiary/aromatic N) is 2. The standard InChI is InChI=1S/C26H23ClN2O4/c27-23-12-18(13-28-24(23)26(31)32)17-5-3-4-16(10-17)15-33-21-8-9-22-19(11-21)14-29(25(22)30)20-6-1-2-7-20/h3-5,8-13,20H,1-2,6-7,14-15H2,(H,31,32). The van der Waals surface area contributed by atoms with Crippen molar-refractivity contribution in [3.05, 3.63) is 82.1 Å². The summed E-state index contributed by atoms with van der Waals surface area (Å²) < 4.78 is 6.03. The number of amides is 1. The number of ether oxygens (including phenoxy) is 1. The summed E-state index contributed by atoms with van der Waals surface area (Å²) in [6.45, 7) is 1.02. The molecule has 1 fully saturated rings. The highest BCUT2D eigenvalue weighted by molar-refractivity contribution is 6.33. The smallest absolute Gasteiger partial charge is 0.356 e. The van der Waals surface area contributed by atoms with Crippen LogP contribution in [-0.2, 0) is 13.2 Å². The lowest BCUT2D eigenvalue weighted by molar-refractivity contribution is 0.0686. The van der Waals surface area contributed by atoms with E-state index in [2.05, 4.69) is 4.98 Å². The number of pyridine rings is 1. The number of aromatic carboxylic acids is 1. The molecule has 1 N–H and O–H groups in total. The van der Waals surface area contributed by atoms with Gasteiger partial charge in [-0.05, 0) is 59.9 Å². The van der Waals surface area contributed by atoms with E-state index < -0.39 is 5.97 Å². The number of carbonyl (C=O) groups excluding carboxylic acids is 1. The van der Waals surface area contributed by atoms with Gasteiger partial charge < -0.3 is 14.7 Å². The highest BCUT2D eigenvalue weighted by atomic mass is 35.5. The average molecular weight is 463 g/mol. The summed E-state index contributed by atoms with van der Waals surface area (Å²) in [5.41, 5.74) is 4.20. The zero-order chi connectivity index (χ0) is 22.9. The van der Waals surface area contributed by atoms with E-state index in [-0.39, 0.29) is 16.6 Å². The molecule has 1 saturated carbocycles. The van der Waals surface area contributed by atoms with E-state index in [0.717, 1.165) is 46.4 Å². The molecule has 7 heteroatoms. The SMILES string of the molecule is O=C(O)c1ncc(-c2cccc(COc3ccc4c(c3)CN(C3CCCC3)C4=O)c2)cc1Cl. The molecule has 6 nitrogen and oxygen atoms in total. The summed E-state index contributed by atoms with van der Waals surface area (Å²) >= 11 is 6.07. The first-order chi connectivity index (χ1) is 16.0. The predicted molar refractivity (Wildman–Crippen MR) is 125 cm³/mol. The fraction of sp³-hybridized carbons (Fsp3) is 0.269. The zero-order valence-corrected chi connectivity index (χ0v) is 18.7. The third-order valence-corrected chi connectivity index (χ3v) is 6.67. The number of carboxylic acids is 1. The van der Waals surface area contributed by atoms with Crippen LogP contribution in [0.2, 0.25) is 5.02 Å². The van der Waals surface area contributed by atoms with Gasteiger partial charge in [0, 0.05) is 29.9 Å². The second kappa shape index (κ2) is 8.87. The van der Waals surface area contributed by atoms with Gasteiger partial charge in [0.25, 0.3) is 5.91 Å². The highest BCUT2D eigenvalue weighted by Crippen LogP contribution is 2.33. The number of carboxylic acid groups (broad SMARTS) is 1. The maximum Gasteiger partial charge on any atom is 0.356 e. The Labute approximate surface area is 196 Å². The van der Waals surface area contributed by atoms with E-state index in [4.69, 9.17) is 21.4 Å². The largest absolute Gasteiger partial charge is 0.489 e. The van der Waals surface area contributed by atoms with Crippen LogP contribution >= 0.6 is 11.6 Å². The number of fused-ring (bicyclic) bond motifs is 1. The number of hydrogen-bond donors (Lipinski definition) is 1. The molecule has 3 aromatic rings. The Kier molecular flexibility index (Phi) is 5.77. The van der Waals surface area contributed by atoms with Crippen LogP contribution in [0.15, 0.2) is 54.7 Å². The maximum absolute atomic E-state index is 12.8. The number of benzene rings is 2. The van der Waals surface area contributed by atoms with Gasteiger partial charge in [-0.2, -0.15) is 0 Å². The molecule has 168 valence electrons. The van der Waals surface area contributed by atoms with E-state index in [0.29, 0.717) is 19.2 Å². The van der Waals surface area contributed by atoms with Crippen LogP contribution < -0.4 is 4.74 Å². The molecular formula is C26H23ClN2O4. The quantitative estimate of drug-likeness (QED) is 0.517. The molecule has 1 aliphatic heterocycles. The first-order valence-corrected chi connectivity index (χ1v) is 11.4. The molecule has 33 heavy (non-hydrogen) atoms. The van der Waals surface area contributed by atoms with Gasteiger partial charge in [-0.25, -0.2) is 9.78 Å². The van der Waals surface area contributed by atoms with Gasteiger partial charge in [-0.1, -0.05) is 42.6 Å². The Hall–Kier alpha value is -3.38. The molecule has 2 heterocycles. The first-order valence-electron chi connectivity index (χ1n) is 11.0. The van der Waals surface area contributed by atoms with Gasteiger partial charge >= 0.3 is 5.97 Å². The number of carbonyl (C=O) groups is 2. The average Bonchev–Trinajstić information content (AvgIpc) is 3.45. The van der Waals surface area contributed by atoms with E-state index in [1.54, 1.807) is 6.07 Å². The molecule has 2 aliphatic rings. The Balaban J connectivity index is 1.28. The maximum atomic E-state index is 12.8. The first kappa shape index (κ1) is 21.5. The van der Waals surface area contributed by atoms with Crippen molar-refractivity contribution >= 4 is 23.5 Å². The Morgan fingerprint density at radius 2 is 1.94 bits per heavy atom. The van der Waals surface area contributed by atoms with E-state index in [1.165, 1.54) is 19.0 Å². The number of aromatic nitrogens is 1. The van der Waals surface area contributed by atoms with Crippen LogP contribution in [0, 0.1) is 0 Å².